The second kappa shape index (κ2) is 4.66. The molecule has 0 saturated carbocycles. The van der Waals surface area contributed by atoms with Crippen molar-refractivity contribution in [3.63, 3.8) is 0 Å². The topological polar surface area (TPSA) is 66.4 Å². The Labute approximate surface area is 115 Å². The van der Waals surface area contributed by atoms with Crippen LogP contribution in [0.15, 0.2) is 60.3 Å². The minimum Gasteiger partial charge on any atom is -0.505 e. The second-order valence-electron chi connectivity index (χ2n) is 4.42. The van der Waals surface area contributed by atoms with Gasteiger partial charge in [-0.05, 0) is 12.1 Å². The van der Waals surface area contributed by atoms with Crippen LogP contribution in [0, 0.1) is 0 Å². The van der Waals surface area contributed by atoms with Gasteiger partial charge in [0.1, 0.15) is 5.70 Å². The van der Waals surface area contributed by atoms with E-state index in [9.17, 15) is 14.7 Å². The number of Topliss-reactive ketones (excluding diaryl/α,β-unsaturated/α-hetero) is 2. The first-order valence-corrected chi connectivity index (χ1v) is 6.12. The minimum absolute atomic E-state index is 0.0834. The quantitative estimate of drug-likeness (QED) is 0.819. The van der Waals surface area contributed by atoms with Gasteiger partial charge in [-0.2, -0.15) is 0 Å². The van der Waals surface area contributed by atoms with Gasteiger partial charge in [0.25, 0.3) is 5.78 Å². The maximum Gasteiger partial charge on any atom is 0.253 e. The molecule has 0 heterocycles. The van der Waals surface area contributed by atoms with E-state index in [1.165, 1.54) is 6.07 Å². The lowest BCUT2D eigenvalue weighted by Gasteiger charge is -2.18. The summed E-state index contributed by atoms with van der Waals surface area (Å²) in [4.78, 5) is 24.1. The third-order valence-electron chi connectivity index (χ3n) is 3.14. The van der Waals surface area contributed by atoms with Crippen molar-refractivity contribution in [3.8, 4) is 0 Å². The number of aliphatic hydroxyl groups excluding tert-OH is 1. The molecule has 4 nitrogen and oxygen atoms in total. The number of nitrogens with one attached hydrogen (secondary N) is 1. The number of hydrogen-bond donors (Lipinski definition) is 2. The summed E-state index contributed by atoms with van der Waals surface area (Å²) in [5.41, 5.74) is 1.15. The molecule has 3 rings (SSSR count). The number of hydrogen-bond acceptors (Lipinski definition) is 4. The molecule has 0 aromatic heterocycles. The zero-order valence-corrected chi connectivity index (χ0v) is 10.5. The summed E-state index contributed by atoms with van der Waals surface area (Å²) >= 11 is 0. The van der Waals surface area contributed by atoms with Crippen molar-refractivity contribution in [1.82, 2.24) is 0 Å². The van der Waals surface area contributed by atoms with E-state index in [0.29, 0.717) is 11.3 Å². The van der Waals surface area contributed by atoms with Crippen molar-refractivity contribution >= 4 is 23.0 Å². The molecule has 0 radical (unpaired) electrons. The molecule has 2 aromatic rings. The molecule has 0 amide bonds. The van der Waals surface area contributed by atoms with Crippen molar-refractivity contribution < 1.29 is 14.7 Å². The van der Waals surface area contributed by atoms with E-state index < -0.39 is 11.6 Å². The Bertz CT molecular complexity index is 732. The summed E-state index contributed by atoms with van der Waals surface area (Å²) in [6.45, 7) is 0. The van der Waals surface area contributed by atoms with E-state index in [0.717, 1.165) is 0 Å². The number of benzene rings is 2. The van der Waals surface area contributed by atoms with Crippen LogP contribution in [0.5, 0.6) is 0 Å². The summed E-state index contributed by atoms with van der Waals surface area (Å²) in [6, 6.07) is 15.4. The Morgan fingerprint density at radius 1 is 0.750 bits per heavy atom. The van der Waals surface area contributed by atoms with E-state index >= 15 is 0 Å². The van der Waals surface area contributed by atoms with Gasteiger partial charge in [-0.25, -0.2) is 0 Å². The van der Waals surface area contributed by atoms with Gasteiger partial charge in [0, 0.05) is 16.8 Å². The molecule has 0 atom stereocenters. The van der Waals surface area contributed by atoms with Crippen LogP contribution in [0.2, 0.25) is 0 Å². The molecule has 2 N–H and O–H groups in total. The molecule has 0 saturated heterocycles. The lowest BCUT2D eigenvalue weighted by atomic mass is 9.91. The van der Waals surface area contributed by atoms with Gasteiger partial charge in [-0.3, -0.25) is 9.59 Å². The normalized spacial score (nSPS) is 14.2. The SMILES string of the molecule is O=C1C(=O)c2ccccc2C(O)=C1Nc1ccccc1. The Morgan fingerprint density at radius 2 is 1.35 bits per heavy atom. The van der Waals surface area contributed by atoms with Gasteiger partial charge in [0.2, 0.25) is 5.78 Å². The van der Waals surface area contributed by atoms with E-state index in [4.69, 9.17) is 0 Å². The van der Waals surface area contributed by atoms with Crippen LogP contribution in [-0.2, 0) is 4.79 Å². The highest BCUT2D eigenvalue weighted by Gasteiger charge is 2.32. The van der Waals surface area contributed by atoms with E-state index in [1.807, 2.05) is 6.07 Å². The Kier molecular flexibility index (Phi) is 2.84. The molecule has 1 aliphatic carbocycles. The average Bonchev–Trinajstić information content (AvgIpc) is 2.50. The summed E-state index contributed by atoms with van der Waals surface area (Å²) in [5.74, 6) is -1.55. The highest BCUT2D eigenvalue weighted by molar-refractivity contribution is 6.52. The molecule has 4 heteroatoms. The number of ketones is 2. The van der Waals surface area contributed by atoms with Gasteiger partial charge in [-0.15, -0.1) is 0 Å². The average molecular weight is 265 g/mol. The second-order valence-corrected chi connectivity index (χ2v) is 4.42. The minimum atomic E-state index is -0.731. The zero-order chi connectivity index (χ0) is 14.1. The number of carbonyl (C=O) groups is 2. The molecule has 20 heavy (non-hydrogen) atoms. The van der Waals surface area contributed by atoms with Crippen molar-refractivity contribution in [2.45, 2.75) is 0 Å². The van der Waals surface area contributed by atoms with Crippen LogP contribution in [0.4, 0.5) is 5.69 Å². The first-order chi connectivity index (χ1) is 9.68. The number of allylic oxidation sites excluding steroid dienone is 1. The highest BCUT2D eigenvalue weighted by atomic mass is 16.3. The van der Waals surface area contributed by atoms with Gasteiger partial charge >= 0.3 is 0 Å². The van der Waals surface area contributed by atoms with Crippen LogP contribution in [0.1, 0.15) is 15.9 Å². The van der Waals surface area contributed by atoms with Crippen molar-refractivity contribution in [2.75, 3.05) is 5.32 Å². The molecule has 98 valence electrons. The molecular formula is C16H11NO3. The van der Waals surface area contributed by atoms with Crippen LogP contribution >= 0.6 is 0 Å². The summed E-state index contributed by atoms with van der Waals surface area (Å²) in [5, 5.41) is 13.0. The third-order valence-corrected chi connectivity index (χ3v) is 3.14. The van der Waals surface area contributed by atoms with Crippen LogP contribution in [-0.4, -0.2) is 16.7 Å². The predicted molar refractivity (Wildman–Crippen MR) is 75.4 cm³/mol. The number of aliphatic hydroxyl groups is 1. The van der Waals surface area contributed by atoms with Crippen LogP contribution in [0.25, 0.3) is 5.76 Å². The molecule has 0 spiro atoms. The van der Waals surface area contributed by atoms with Gasteiger partial charge in [0.15, 0.2) is 5.76 Å². The maximum atomic E-state index is 12.1. The molecule has 0 unspecified atom stereocenters. The highest BCUT2D eigenvalue weighted by Crippen LogP contribution is 2.28. The Morgan fingerprint density at radius 3 is 2.05 bits per heavy atom. The van der Waals surface area contributed by atoms with Crippen LogP contribution in [0.3, 0.4) is 0 Å². The van der Waals surface area contributed by atoms with E-state index in [-0.39, 0.29) is 17.0 Å². The van der Waals surface area contributed by atoms with Crippen molar-refractivity contribution in [3.05, 3.63) is 71.4 Å². The number of para-hydroxylation sites is 1. The Hall–Kier alpha value is -2.88. The lowest BCUT2D eigenvalue weighted by molar-refractivity contribution is -0.111. The van der Waals surface area contributed by atoms with E-state index in [2.05, 4.69) is 5.32 Å². The standard InChI is InChI=1S/C16H11NO3/c18-14-11-8-4-5-9-12(11)15(19)16(20)13(14)17-10-6-2-1-3-7-10/h1-9,17-18H. The molecular weight excluding hydrogens is 254 g/mol. The van der Waals surface area contributed by atoms with Crippen molar-refractivity contribution in [2.24, 2.45) is 0 Å². The number of fused-ring (bicyclic) bond motifs is 1. The third kappa shape index (κ3) is 1.87. The molecule has 0 bridgehead atoms. The summed E-state index contributed by atoms with van der Waals surface area (Å²) < 4.78 is 0. The molecule has 0 aliphatic heterocycles. The first kappa shape index (κ1) is 12.2. The first-order valence-electron chi connectivity index (χ1n) is 6.12. The predicted octanol–water partition coefficient (Wildman–Crippen LogP) is 2.79. The van der Waals surface area contributed by atoms with Gasteiger partial charge < -0.3 is 10.4 Å². The van der Waals surface area contributed by atoms with Crippen LogP contribution < -0.4 is 5.32 Å². The number of rotatable bonds is 2. The Balaban J connectivity index is 2.10. The summed E-state index contributed by atoms with van der Waals surface area (Å²) in [6.07, 6.45) is 0. The zero-order valence-electron chi connectivity index (χ0n) is 10.5. The van der Waals surface area contributed by atoms with Gasteiger partial charge in [-0.1, -0.05) is 42.5 Å². The largest absolute Gasteiger partial charge is 0.505 e. The fourth-order valence-corrected chi connectivity index (χ4v) is 2.15. The lowest BCUT2D eigenvalue weighted by Crippen LogP contribution is -2.27. The van der Waals surface area contributed by atoms with E-state index in [1.54, 1.807) is 42.5 Å². The molecule has 2 aromatic carbocycles. The van der Waals surface area contributed by atoms with Gasteiger partial charge in [0.05, 0.1) is 0 Å². The van der Waals surface area contributed by atoms with Crippen molar-refractivity contribution in [1.29, 1.82) is 0 Å². The number of anilines is 1. The fourth-order valence-electron chi connectivity index (χ4n) is 2.15. The molecule has 0 fully saturated rings. The smallest absolute Gasteiger partial charge is 0.253 e. The number of carbonyl (C=O) groups excluding carboxylic acids is 2. The fraction of sp³-hybridized carbons (Fsp3) is 0. The monoisotopic (exact) mass is 265 g/mol. The molecule has 1 aliphatic rings. The summed E-state index contributed by atoms with van der Waals surface area (Å²) in [7, 11) is 0. The maximum absolute atomic E-state index is 12.1.